The van der Waals surface area contributed by atoms with Crippen LogP contribution in [0.25, 0.3) is 0 Å². The summed E-state index contributed by atoms with van der Waals surface area (Å²) >= 11 is 0. The summed E-state index contributed by atoms with van der Waals surface area (Å²) in [5, 5.41) is 0. The Labute approximate surface area is 106 Å². The summed E-state index contributed by atoms with van der Waals surface area (Å²) in [6.07, 6.45) is 9.89. The molecule has 0 aromatic carbocycles. The first-order chi connectivity index (χ1) is 8.10. The third-order valence-corrected chi connectivity index (χ3v) is 2.75. The second-order valence-electron chi connectivity index (χ2n) is 4.36. The fourth-order valence-electron chi connectivity index (χ4n) is 1.58. The van der Waals surface area contributed by atoms with Gasteiger partial charge in [0.25, 0.3) is 0 Å². The average molecular weight is 238 g/mol. The quantitative estimate of drug-likeness (QED) is 0.462. The van der Waals surface area contributed by atoms with Crippen LogP contribution in [-0.2, 0) is 9.53 Å². The largest absolute Gasteiger partial charge is 0.462 e. The van der Waals surface area contributed by atoms with Gasteiger partial charge in [-0.1, -0.05) is 37.5 Å². The van der Waals surface area contributed by atoms with Crippen LogP contribution in [0, 0.1) is 0 Å². The minimum Gasteiger partial charge on any atom is -0.462 e. The first-order valence-electron chi connectivity index (χ1n) is 6.57. The van der Waals surface area contributed by atoms with Gasteiger partial charge >= 0.3 is 5.97 Å². The molecule has 0 spiro atoms. The third kappa shape index (κ3) is 9.86. The van der Waals surface area contributed by atoms with Crippen molar-refractivity contribution in [2.45, 2.75) is 59.8 Å². The number of allylic oxidation sites excluding steroid dienone is 3. The van der Waals surface area contributed by atoms with Crippen molar-refractivity contribution in [1.29, 1.82) is 0 Å². The lowest BCUT2D eigenvalue weighted by Crippen LogP contribution is -1.99. The molecule has 0 bridgehead atoms. The summed E-state index contributed by atoms with van der Waals surface area (Å²) in [6.45, 7) is 8.38. The summed E-state index contributed by atoms with van der Waals surface area (Å²) < 4.78 is 4.94. The van der Waals surface area contributed by atoms with Crippen LogP contribution in [0.15, 0.2) is 23.3 Å². The minimum atomic E-state index is -0.209. The molecule has 0 saturated carbocycles. The molecule has 0 aliphatic rings. The van der Waals surface area contributed by atoms with E-state index in [2.05, 4.69) is 32.9 Å². The second kappa shape index (κ2) is 10.1. The number of hydrogen-bond donors (Lipinski definition) is 0. The van der Waals surface area contributed by atoms with Gasteiger partial charge in [-0.15, -0.1) is 0 Å². The van der Waals surface area contributed by atoms with Crippen LogP contribution in [-0.4, -0.2) is 12.6 Å². The highest BCUT2D eigenvalue weighted by Gasteiger charge is 1.97. The topological polar surface area (TPSA) is 26.3 Å². The van der Waals surface area contributed by atoms with Gasteiger partial charge in [-0.25, -0.2) is 0 Å². The average Bonchev–Trinajstić information content (AvgIpc) is 2.28. The molecule has 0 fully saturated rings. The zero-order chi connectivity index (χ0) is 13.1. The summed E-state index contributed by atoms with van der Waals surface area (Å²) in [7, 11) is 0. The molecule has 0 aliphatic carbocycles. The standard InChI is InChI=1S/C15H26O2/c1-5-8-15(11-12-17-14(4)16)10-7-9-13(3)6-2/h9,11H,5-8,10,12H2,1-4H3/b13-9+,15-11+. The molecule has 0 aliphatic heterocycles. The predicted molar refractivity (Wildman–Crippen MR) is 72.9 cm³/mol. The number of ether oxygens (including phenoxy) is 1. The Morgan fingerprint density at radius 1 is 1.12 bits per heavy atom. The lowest BCUT2D eigenvalue weighted by atomic mass is 10.0. The van der Waals surface area contributed by atoms with E-state index in [0.29, 0.717) is 6.61 Å². The maximum Gasteiger partial charge on any atom is 0.302 e. The predicted octanol–water partition coefficient (Wildman–Crippen LogP) is 4.41. The number of carbonyl (C=O) groups is 1. The molecule has 0 amide bonds. The van der Waals surface area contributed by atoms with Crippen molar-refractivity contribution < 1.29 is 9.53 Å². The van der Waals surface area contributed by atoms with Crippen LogP contribution >= 0.6 is 0 Å². The van der Waals surface area contributed by atoms with Gasteiger partial charge in [-0.05, 0) is 38.7 Å². The normalized spacial score (nSPS) is 12.7. The van der Waals surface area contributed by atoms with Crippen molar-refractivity contribution in [3.63, 3.8) is 0 Å². The van der Waals surface area contributed by atoms with Crippen LogP contribution in [0.4, 0.5) is 0 Å². The number of carbonyl (C=O) groups excluding carboxylic acids is 1. The Balaban J connectivity index is 4.09. The molecule has 0 aromatic rings. The van der Waals surface area contributed by atoms with E-state index < -0.39 is 0 Å². The highest BCUT2D eigenvalue weighted by molar-refractivity contribution is 5.66. The van der Waals surface area contributed by atoms with Crippen molar-refractivity contribution in [2.24, 2.45) is 0 Å². The van der Waals surface area contributed by atoms with Crippen molar-refractivity contribution in [2.75, 3.05) is 6.61 Å². The Morgan fingerprint density at radius 2 is 1.82 bits per heavy atom. The fraction of sp³-hybridized carbons (Fsp3) is 0.667. The summed E-state index contributed by atoms with van der Waals surface area (Å²) in [6, 6.07) is 0. The lowest BCUT2D eigenvalue weighted by Gasteiger charge is -2.05. The molecular formula is C15H26O2. The molecule has 0 N–H and O–H groups in total. The van der Waals surface area contributed by atoms with E-state index in [4.69, 9.17) is 4.74 Å². The van der Waals surface area contributed by atoms with E-state index in [9.17, 15) is 4.79 Å². The molecule has 0 rings (SSSR count). The molecule has 2 heteroatoms. The highest BCUT2D eigenvalue weighted by Crippen LogP contribution is 2.14. The van der Waals surface area contributed by atoms with Gasteiger partial charge in [-0.3, -0.25) is 4.79 Å². The Kier molecular flexibility index (Phi) is 9.50. The molecule has 0 radical (unpaired) electrons. The van der Waals surface area contributed by atoms with Crippen LogP contribution in [0.5, 0.6) is 0 Å². The zero-order valence-electron chi connectivity index (χ0n) is 11.7. The highest BCUT2D eigenvalue weighted by atomic mass is 16.5. The van der Waals surface area contributed by atoms with E-state index in [1.165, 1.54) is 18.1 Å². The Morgan fingerprint density at radius 3 is 2.35 bits per heavy atom. The van der Waals surface area contributed by atoms with Crippen molar-refractivity contribution in [1.82, 2.24) is 0 Å². The van der Waals surface area contributed by atoms with Gasteiger partial charge in [-0.2, -0.15) is 0 Å². The van der Waals surface area contributed by atoms with Gasteiger partial charge in [0, 0.05) is 6.92 Å². The van der Waals surface area contributed by atoms with Crippen LogP contribution < -0.4 is 0 Å². The number of esters is 1. The van der Waals surface area contributed by atoms with Crippen molar-refractivity contribution in [3.05, 3.63) is 23.3 Å². The van der Waals surface area contributed by atoms with E-state index >= 15 is 0 Å². The maximum absolute atomic E-state index is 10.7. The van der Waals surface area contributed by atoms with Crippen LogP contribution in [0.3, 0.4) is 0 Å². The SMILES string of the molecule is CCC/C(=C\COC(C)=O)CC/C=C(\C)CC. The Hall–Kier alpha value is -1.05. The maximum atomic E-state index is 10.7. The summed E-state index contributed by atoms with van der Waals surface area (Å²) in [5.74, 6) is -0.209. The smallest absolute Gasteiger partial charge is 0.302 e. The number of hydrogen-bond acceptors (Lipinski definition) is 2. The van der Waals surface area contributed by atoms with Gasteiger partial charge in [0.15, 0.2) is 0 Å². The molecule has 2 nitrogen and oxygen atoms in total. The molecule has 0 atom stereocenters. The summed E-state index contributed by atoms with van der Waals surface area (Å²) in [5.41, 5.74) is 2.84. The zero-order valence-corrected chi connectivity index (χ0v) is 11.7. The molecule has 98 valence electrons. The minimum absolute atomic E-state index is 0.209. The van der Waals surface area contributed by atoms with Crippen molar-refractivity contribution >= 4 is 5.97 Å². The molecule has 0 unspecified atom stereocenters. The van der Waals surface area contributed by atoms with Gasteiger partial charge in [0.2, 0.25) is 0 Å². The molecular weight excluding hydrogens is 212 g/mol. The Bertz CT molecular complexity index is 275. The van der Waals surface area contributed by atoms with E-state index in [1.807, 2.05) is 0 Å². The molecule has 0 saturated heterocycles. The first-order valence-corrected chi connectivity index (χ1v) is 6.57. The monoisotopic (exact) mass is 238 g/mol. The lowest BCUT2D eigenvalue weighted by molar-refractivity contribution is -0.139. The molecule has 17 heavy (non-hydrogen) atoms. The summed E-state index contributed by atoms with van der Waals surface area (Å²) in [4.78, 5) is 10.7. The molecule has 0 aromatic heterocycles. The van der Waals surface area contributed by atoms with Gasteiger partial charge < -0.3 is 4.74 Å². The van der Waals surface area contributed by atoms with E-state index in [1.54, 1.807) is 0 Å². The first kappa shape index (κ1) is 16.0. The fourth-order valence-corrected chi connectivity index (χ4v) is 1.58. The van der Waals surface area contributed by atoms with Crippen LogP contribution in [0.1, 0.15) is 59.8 Å². The van der Waals surface area contributed by atoms with E-state index in [0.717, 1.165) is 32.1 Å². The van der Waals surface area contributed by atoms with Gasteiger partial charge in [0.05, 0.1) is 0 Å². The molecule has 0 heterocycles. The van der Waals surface area contributed by atoms with E-state index in [-0.39, 0.29) is 5.97 Å². The number of rotatable bonds is 8. The van der Waals surface area contributed by atoms with Crippen LogP contribution in [0.2, 0.25) is 0 Å². The second-order valence-corrected chi connectivity index (χ2v) is 4.36. The van der Waals surface area contributed by atoms with Gasteiger partial charge in [0.1, 0.15) is 6.61 Å². The van der Waals surface area contributed by atoms with Crippen molar-refractivity contribution in [3.8, 4) is 0 Å². The third-order valence-electron chi connectivity index (χ3n) is 2.75.